The van der Waals surface area contributed by atoms with Gasteiger partial charge in [-0.15, -0.1) is 0 Å². The fourth-order valence-electron chi connectivity index (χ4n) is 3.40. The molecule has 2 aromatic carbocycles. The maximum Gasteiger partial charge on any atom is 0.124 e. The summed E-state index contributed by atoms with van der Waals surface area (Å²) in [6, 6.07) is 17.5. The standard InChI is InChI=1S/C19H22N4/c1-14(17-8-4-6-16-5-2-3-7-18(16)17)20-11-15-12-21-19-9-10-22-23(19)13-15/h2-10,14-15,20-21H,11-13H2,1H3. The fraction of sp³-hybridized carbons (Fsp3) is 0.316. The van der Waals surface area contributed by atoms with Crippen LogP contribution >= 0.6 is 0 Å². The molecule has 1 aliphatic heterocycles. The highest BCUT2D eigenvalue weighted by Gasteiger charge is 2.19. The van der Waals surface area contributed by atoms with Crippen LogP contribution in [0.15, 0.2) is 54.7 Å². The van der Waals surface area contributed by atoms with Gasteiger partial charge in [0.1, 0.15) is 5.82 Å². The van der Waals surface area contributed by atoms with Gasteiger partial charge in [0, 0.05) is 37.7 Å². The highest BCUT2D eigenvalue weighted by atomic mass is 15.3. The molecule has 1 aromatic heterocycles. The van der Waals surface area contributed by atoms with Crippen molar-refractivity contribution in [1.82, 2.24) is 15.1 Å². The summed E-state index contributed by atoms with van der Waals surface area (Å²) in [5.74, 6) is 1.68. The number of fused-ring (bicyclic) bond motifs is 2. The molecular weight excluding hydrogens is 284 g/mol. The van der Waals surface area contributed by atoms with Crippen molar-refractivity contribution < 1.29 is 0 Å². The van der Waals surface area contributed by atoms with E-state index in [9.17, 15) is 0 Å². The van der Waals surface area contributed by atoms with Gasteiger partial charge < -0.3 is 10.6 Å². The summed E-state index contributed by atoms with van der Waals surface area (Å²) in [7, 11) is 0. The van der Waals surface area contributed by atoms with Gasteiger partial charge in [-0.05, 0) is 23.3 Å². The van der Waals surface area contributed by atoms with E-state index in [1.54, 1.807) is 0 Å². The summed E-state index contributed by atoms with van der Waals surface area (Å²) in [6.07, 6.45) is 1.86. The van der Waals surface area contributed by atoms with Crippen molar-refractivity contribution in [3.8, 4) is 0 Å². The number of benzene rings is 2. The van der Waals surface area contributed by atoms with Crippen LogP contribution < -0.4 is 10.6 Å². The van der Waals surface area contributed by atoms with E-state index in [1.165, 1.54) is 16.3 Å². The van der Waals surface area contributed by atoms with Crippen LogP contribution in [0.2, 0.25) is 0 Å². The maximum absolute atomic E-state index is 4.36. The Morgan fingerprint density at radius 1 is 1.22 bits per heavy atom. The van der Waals surface area contributed by atoms with Crippen molar-refractivity contribution in [2.45, 2.75) is 19.5 Å². The number of hydrogen-bond donors (Lipinski definition) is 2. The first-order chi connectivity index (χ1) is 11.3. The first-order valence-corrected chi connectivity index (χ1v) is 8.28. The molecule has 0 aliphatic carbocycles. The lowest BCUT2D eigenvalue weighted by atomic mass is 9.99. The van der Waals surface area contributed by atoms with Crippen molar-refractivity contribution in [1.29, 1.82) is 0 Å². The van der Waals surface area contributed by atoms with Crippen LogP contribution in [0, 0.1) is 5.92 Å². The zero-order chi connectivity index (χ0) is 15.6. The Hall–Kier alpha value is -2.33. The Balaban J connectivity index is 1.45. The molecule has 0 bridgehead atoms. The predicted octanol–water partition coefficient (Wildman–Crippen LogP) is 3.43. The average molecular weight is 306 g/mol. The summed E-state index contributed by atoms with van der Waals surface area (Å²) in [4.78, 5) is 0. The third kappa shape index (κ3) is 2.82. The quantitative estimate of drug-likeness (QED) is 0.776. The monoisotopic (exact) mass is 306 g/mol. The molecule has 2 heterocycles. The highest BCUT2D eigenvalue weighted by molar-refractivity contribution is 5.86. The zero-order valence-electron chi connectivity index (χ0n) is 13.4. The molecule has 118 valence electrons. The van der Waals surface area contributed by atoms with E-state index in [4.69, 9.17) is 0 Å². The van der Waals surface area contributed by atoms with E-state index in [2.05, 4.69) is 69.8 Å². The van der Waals surface area contributed by atoms with Gasteiger partial charge in [-0.2, -0.15) is 5.10 Å². The lowest BCUT2D eigenvalue weighted by Gasteiger charge is -2.27. The summed E-state index contributed by atoms with van der Waals surface area (Å²) in [5, 5.41) is 14.2. The Morgan fingerprint density at radius 3 is 3.04 bits per heavy atom. The Labute approximate surface area is 136 Å². The molecular formula is C19H22N4. The smallest absolute Gasteiger partial charge is 0.124 e. The number of rotatable bonds is 4. The van der Waals surface area contributed by atoms with Crippen LogP contribution in [0.25, 0.3) is 10.8 Å². The molecule has 2 unspecified atom stereocenters. The molecule has 4 rings (SSSR count). The SMILES string of the molecule is CC(NCC1CNc2ccnn2C1)c1cccc2ccccc12. The number of aromatic nitrogens is 2. The van der Waals surface area contributed by atoms with Crippen molar-refractivity contribution in [2.75, 3.05) is 18.4 Å². The minimum absolute atomic E-state index is 0.333. The molecule has 0 spiro atoms. The Kier molecular flexibility index (Phi) is 3.75. The predicted molar refractivity (Wildman–Crippen MR) is 94.6 cm³/mol. The van der Waals surface area contributed by atoms with E-state index < -0.39 is 0 Å². The minimum atomic E-state index is 0.333. The zero-order valence-corrected chi connectivity index (χ0v) is 13.4. The van der Waals surface area contributed by atoms with Crippen LogP contribution in [0.5, 0.6) is 0 Å². The largest absolute Gasteiger partial charge is 0.370 e. The van der Waals surface area contributed by atoms with Crippen LogP contribution in [0.4, 0.5) is 5.82 Å². The van der Waals surface area contributed by atoms with Crippen molar-refractivity contribution in [3.05, 3.63) is 60.3 Å². The number of nitrogens with one attached hydrogen (secondary N) is 2. The first kappa shape index (κ1) is 14.3. The molecule has 2 atom stereocenters. The van der Waals surface area contributed by atoms with Crippen molar-refractivity contribution in [3.63, 3.8) is 0 Å². The fourth-order valence-corrected chi connectivity index (χ4v) is 3.40. The summed E-state index contributed by atoms with van der Waals surface area (Å²) >= 11 is 0. The molecule has 0 fully saturated rings. The number of anilines is 1. The van der Waals surface area contributed by atoms with Gasteiger partial charge in [-0.25, -0.2) is 4.68 Å². The highest BCUT2D eigenvalue weighted by Crippen LogP contribution is 2.24. The van der Waals surface area contributed by atoms with Gasteiger partial charge >= 0.3 is 0 Å². The van der Waals surface area contributed by atoms with E-state index in [-0.39, 0.29) is 0 Å². The second-order valence-electron chi connectivity index (χ2n) is 6.34. The third-order valence-corrected chi connectivity index (χ3v) is 4.72. The second-order valence-corrected chi connectivity index (χ2v) is 6.34. The van der Waals surface area contributed by atoms with Crippen LogP contribution in [-0.4, -0.2) is 22.9 Å². The second kappa shape index (κ2) is 6.05. The van der Waals surface area contributed by atoms with Crippen LogP contribution in [0.3, 0.4) is 0 Å². The average Bonchev–Trinajstić information content (AvgIpc) is 3.07. The Morgan fingerprint density at radius 2 is 2.09 bits per heavy atom. The molecule has 1 aliphatic rings. The van der Waals surface area contributed by atoms with Gasteiger partial charge in [0.25, 0.3) is 0 Å². The number of hydrogen-bond acceptors (Lipinski definition) is 3. The van der Waals surface area contributed by atoms with Crippen LogP contribution in [-0.2, 0) is 6.54 Å². The third-order valence-electron chi connectivity index (χ3n) is 4.72. The maximum atomic E-state index is 4.36. The van der Waals surface area contributed by atoms with Gasteiger partial charge in [0.15, 0.2) is 0 Å². The van der Waals surface area contributed by atoms with Crippen molar-refractivity contribution >= 4 is 16.6 Å². The van der Waals surface area contributed by atoms with E-state index in [1.807, 2.05) is 12.3 Å². The summed E-state index contributed by atoms with van der Waals surface area (Å²) < 4.78 is 2.05. The first-order valence-electron chi connectivity index (χ1n) is 8.28. The topological polar surface area (TPSA) is 41.9 Å². The van der Waals surface area contributed by atoms with Crippen molar-refractivity contribution in [2.24, 2.45) is 5.92 Å². The molecule has 4 heteroatoms. The van der Waals surface area contributed by atoms with Crippen LogP contribution in [0.1, 0.15) is 18.5 Å². The molecule has 2 N–H and O–H groups in total. The van der Waals surface area contributed by atoms with E-state index in [0.29, 0.717) is 12.0 Å². The summed E-state index contributed by atoms with van der Waals surface area (Å²) in [6.45, 7) is 5.21. The van der Waals surface area contributed by atoms with Gasteiger partial charge in [-0.1, -0.05) is 42.5 Å². The molecule has 3 aromatic rings. The molecule has 0 amide bonds. The molecule has 0 saturated carbocycles. The lowest BCUT2D eigenvalue weighted by molar-refractivity contribution is 0.377. The normalized spacial score (nSPS) is 18.4. The minimum Gasteiger partial charge on any atom is -0.370 e. The lowest BCUT2D eigenvalue weighted by Crippen LogP contribution is -2.36. The van der Waals surface area contributed by atoms with Gasteiger partial charge in [0.2, 0.25) is 0 Å². The van der Waals surface area contributed by atoms with Gasteiger partial charge in [-0.3, -0.25) is 0 Å². The van der Waals surface area contributed by atoms with Gasteiger partial charge in [0.05, 0.1) is 6.20 Å². The van der Waals surface area contributed by atoms with E-state index >= 15 is 0 Å². The van der Waals surface area contributed by atoms with E-state index in [0.717, 1.165) is 25.5 Å². The number of nitrogens with zero attached hydrogens (tertiary/aromatic N) is 2. The molecule has 0 radical (unpaired) electrons. The molecule has 4 nitrogen and oxygen atoms in total. The summed E-state index contributed by atoms with van der Waals surface area (Å²) in [5.41, 5.74) is 1.37. The molecule has 0 saturated heterocycles. The molecule has 23 heavy (non-hydrogen) atoms. The Bertz CT molecular complexity index is 802.